The van der Waals surface area contributed by atoms with E-state index in [1.54, 1.807) is 19.2 Å². The van der Waals surface area contributed by atoms with Gasteiger partial charge in [0, 0.05) is 32.7 Å². The zero-order chi connectivity index (χ0) is 20.9. The summed E-state index contributed by atoms with van der Waals surface area (Å²) in [5.41, 5.74) is 0.366. The van der Waals surface area contributed by atoms with Crippen LogP contribution in [0.4, 0.5) is 0 Å². The normalized spacial score (nSPS) is 14.6. The van der Waals surface area contributed by atoms with E-state index in [1.807, 2.05) is 53.4 Å². The van der Waals surface area contributed by atoms with Crippen LogP contribution >= 0.6 is 0 Å². The highest BCUT2D eigenvalue weighted by Gasteiger charge is 2.24. The van der Waals surface area contributed by atoms with Gasteiger partial charge in [0.2, 0.25) is 0 Å². The summed E-state index contributed by atoms with van der Waals surface area (Å²) in [4.78, 5) is 17.0. The van der Waals surface area contributed by atoms with Crippen LogP contribution in [0, 0.1) is 0 Å². The Morgan fingerprint density at radius 3 is 2.23 bits per heavy atom. The number of nitrogens with zero attached hydrogens (tertiary/aromatic N) is 2. The number of benzene rings is 3. The molecule has 1 N–H and O–H groups in total. The van der Waals surface area contributed by atoms with Gasteiger partial charge in [-0.2, -0.15) is 0 Å². The highest BCUT2D eigenvalue weighted by molar-refractivity contribution is 6.01. The van der Waals surface area contributed by atoms with E-state index >= 15 is 0 Å². The molecule has 1 heterocycles. The topological polar surface area (TPSA) is 62.2 Å². The number of phenolic OH excluding ortho intramolecular Hbond substituents is 1. The SMILES string of the molecule is COc1ccc(OCCN2CCN(C(=O)c3cc4ccccc4cc3O)CC2)cc1. The van der Waals surface area contributed by atoms with Crippen molar-refractivity contribution in [2.75, 3.05) is 46.4 Å². The number of aromatic hydroxyl groups is 1. The van der Waals surface area contributed by atoms with Crippen LogP contribution < -0.4 is 9.47 Å². The molecule has 1 aliphatic rings. The number of piperazine rings is 1. The van der Waals surface area contributed by atoms with Crippen molar-refractivity contribution in [1.82, 2.24) is 9.80 Å². The molecule has 6 heteroatoms. The monoisotopic (exact) mass is 406 g/mol. The molecule has 0 saturated carbocycles. The molecule has 1 aliphatic heterocycles. The Bertz CT molecular complexity index is 1010. The number of hydrogen-bond donors (Lipinski definition) is 1. The molecule has 0 radical (unpaired) electrons. The average molecular weight is 406 g/mol. The maximum absolute atomic E-state index is 12.9. The first-order valence-electron chi connectivity index (χ1n) is 10.1. The van der Waals surface area contributed by atoms with Gasteiger partial charge in [-0.1, -0.05) is 24.3 Å². The highest BCUT2D eigenvalue weighted by Crippen LogP contribution is 2.26. The van der Waals surface area contributed by atoms with Gasteiger partial charge in [0.15, 0.2) is 0 Å². The minimum atomic E-state index is -0.118. The predicted molar refractivity (Wildman–Crippen MR) is 116 cm³/mol. The number of methoxy groups -OCH3 is 1. The van der Waals surface area contributed by atoms with Crippen molar-refractivity contribution in [3.63, 3.8) is 0 Å². The second kappa shape index (κ2) is 9.05. The number of hydrogen-bond acceptors (Lipinski definition) is 5. The maximum Gasteiger partial charge on any atom is 0.257 e. The van der Waals surface area contributed by atoms with Crippen molar-refractivity contribution in [2.24, 2.45) is 0 Å². The molecule has 156 valence electrons. The molecule has 0 atom stereocenters. The van der Waals surface area contributed by atoms with Crippen molar-refractivity contribution in [3.8, 4) is 17.2 Å². The Hall–Kier alpha value is -3.25. The van der Waals surface area contributed by atoms with E-state index in [0.29, 0.717) is 25.3 Å². The summed E-state index contributed by atoms with van der Waals surface area (Å²) in [5, 5.41) is 12.2. The molecule has 3 aromatic rings. The van der Waals surface area contributed by atoms with Crippen LogP contribution in [-0.2, 0) is 0 Å². The molecule has 0 aromatic heterocycles. The minimum absolute atomic E-state index is 0.0361. The van der Waals surface area contributed by atoms with E-state index in [-0.39, 0.29) is 11.7 Å². The summed E-state index contributed by atoms with van der Waals surface area (Å²) >= 11 is 0. The van der Waals surface area contributed by atoms with Gasteiger partial charge in [0.25, 0.3) is 5.91 Å². The van der Waals surface area contributed by atoms with Crippen molar-refractivity contribution in [2.45, 2.75) is 0 Å². The smallest absolute Gasteiger partial charge is 0.257 e. The summed E-state index contributed by atoms with van der Waals surface area (Å²) in [5.74, 6) is 1.54. The van der Waals surface area contributed by atoms with E-state index < -0.39 is 0 Å². The number of phenols is 1. The van der Waals surface area contributed by atoms with Crippen molar-refractivity contribution in [1.29, 1.82) is 0 Å². The Kier molecular flexibility index (Phi) is 6.05. The fourth-order valence-electron chi connectivity index (χ4n) is 3.71. The Balaban J connectivity index is 1.28. The third kappa shape index (κ3) is 4.49. The van der Waals surface area contributed by atoms with Crippen molar-refractivity contribution >= 4 is 16.7 Å². The molecular formula is C24H26N2O4. The third-order valence-electron chi connectivity index (χ3n) is 5.49. The number of carbonyl (C=O) groups excluding carboxylic acids is 1. The summed E-state index contributed by atoms with van der Waals surface area (Å²) in [6.45, 7) is 4.22. The van der Waals surface area contributed by atoms with Gasteiger partial charge >= 0.3 is 0 Å². The first-order valence-corrected chi connectivity index (χ1v) is 10.1. The summed E-state index contributed by atoms with van der Waals surface area (Å²) in [6.07, 6.45) is 0. The Labute approximate surface area is 176 Å². The number of ether oxygens (including phenoxy) is 2. The molecule has 30 heavy (non-hydrogen) atoms. The van der Waals surface area contributed by atoms with E-state index in [2.05, 4.69) is 4.90 Å². The second-order valence-corrected chi connectivity index (χ2v) is 7.37. The molecule has 6 nitrogen and oxygen atoms in total. The first kappa shape index (κ1) is 20.0. The van der Waals surface area contributed by atoms with Crippen LogP contribution in [0.25, 0.3) is 10.8 Å². The van der Waals surface area contributed by atoms with Gasteiger partial charge < -0.3 is 19.5 Å². The molecule has 0 unspecified atom stereocenters. The lowest BCUT2D eigenvalue weighted by atomic mass is 10.0. The Morgan fingerprint density at radius 2 is 1.57 bits per heavy atom. The lowest BCUT2D eigenvalue weighted by Crippen LogP contribution is -2.49. The van der Waals surface area contributed by atoms with Crippen LogP contribution in [0.1, 0.15) is 10.4 Å². The van der Waals surface area contributed by atoms with Crippen LogP contribution in [-0.4, -0.2) is 67.3 Å². The van der Waals surface area contributed by atoms with E-state index in [4.69, 9.17) is 9.47 Å². The van der Waals surface area contributed by atoms with Crippen LogP contribution in [0.3, 0.4) is 0 Å². The summed E-state index contributed by atoms with van der Waals surface area (Å²) < 4.78 is 10.9. The maximum atomic E-state index is 12.9. The first-order chi connectivity index (χ1) is 14.6. The number of fused-ring (bicyclic) bond motifs is 1. The van der Waals surface area contributed by atoms with Crippen LogP contribution in [0.5, 0.6) is 17.2 Å². The van der Waals surface area contributed by atoms with Gasteiger partial charge in [-0.25, -0.2) is 0 Å². The van der Waals surface area contributed by atoms with Crippen LogP contribution in [0.15, 0.2) is 60.7 Å². The molecule has 0 bridgehead atoms. The molecular weight excluding hydrogens is 380 g/mol. The number of rotatable bonds is 6. The molecule has 1 amide bonds. The molecule has 1 fully saturated rings. The fraction of sp³-hybridized carbons (Fsp3) is 0.292. The standard InChI is InChI=1S/C24H26N2O4/c1-29-20-6-8-21(9-7-20)30-15-14-25-10-12-26(13-11-25)24(28)22-16-18-4-2-3-5-19(18)17-23(22)27/h2-9,16-17,27H,10-15H2,1H3. The van der Waals surface area contributed by atoms with Gasteiger partial charge in [-0.15, -0.1) is 0 Å². The van der Waals surface area contributed by atoms with Gasteiger partial charge in [-0.05, 0) is 47.2 Å². The molecule has 4 rings (SSSR count). The van der Waals surface area contributed by atoms with Crippen molar-refractivity contribution < 1.29 is 19.4 Å². The van der Waals surface area contributed by atoms with Crippen molar-refractivity contribution in [3.05, 3.63) is 66.2 Å². The largest absolute Gasteiger partial charge is 0.507 e. The third-order valence-corrected chi connectivity index (χ3v) is 5.49. The van der Waals surface area contributed by atoms with Gasteiger partial charge in [0.05, 0.1) is 12.7 Å². The number of carbonyl (C=O) groups is 1. The van der Waals surface area contributed by atoms with E-state index in [0.717, 1.165) is 41.9 Å². The van der Waals surface area contributed by atoms with E-state index in [9.17, 15) is 9.90 Å². The molecule has 0 spiro atoms. The van der Waals surface area contributed by atoms with Gasteiger partial charge in [-0.3, -0.25) is 9.69 Å². The minimum Gasteiger partial charge on any atom is -0.507 e. The quantitative estimate of drug-likeness (QED) is 0.680. The summed E-state index contributed by atoms with van der Waals surface area (Å²) in [6, 6.07) is 18.7. The van der Waals surface area contributed by atoms with E-state index in [1.165, 1.54) is 0 Å². The zero-order valence-electron chi connectivity index (χ0n) is 17.1. The highest BCUT2D eigenvalue weighted by atomic mass is 16.5. The lowest BCUT2D eigenvalue weighted by Gasteiger charge is -2.34. The Morgan fingerprint density at radius 1 is 0.933 bits per heavy atom. The average Bonchev–Trinajstić information content (AvgIpc) is 2.79. The zero-order valence-corrected chi connectivity index (χ0v) is 17.1. The molecule has 3 aromatic carbocycles. The molecule has 0 aliphatic carbocycles. The summed E-state index contributed by atoms with van der Waals surface area (Å²) in [7, 11) is 1.64. The molecule has 1 saturated heterocycles. The lowest BCUT2D eigenvalue weighted by molar-refractivity contribution is 0.0617. The second-order valence-electron chi connectivity index (χ2n) is 7.37. The van der Waals surface area contributed by atoms with Crippen LogP contribution in [0.2, 0.25) is 0 Å². The predicted octanol–water partition coefficient (Wildman–Crippen LogP) is 3.39. The number of amides is 1. The van der Waals surface area contributed by atoms with Gasteiger partial charge in [0.1, 0.15) is 23.9 Å². The fourth-order valence-corrected chi connectivity index (χ4v) is 3.71.